The fraction of sp³-hybridized carbons (Fsp3) is 0.400. The van der Waals surface area contributed by atoms with Gasteiger partial charge in [-0.15, -0.1) is 12.4 Å². The molecule has 0 spiro atoms. The van der Waals surface area contributed by atoms with Gasteiger partial charge in [-0.2, -0.15) is 0 Å². The van der Waals surface area contributed by atoms with Crippen LogP contribution in [0.15, 0.2) is 24.3 Å². The molecule has 0 radical (unpaired) electrons. The van der Waals surface area contributed by atoms with Crippen molar-refractivity contribution in [3.05, 3.63) is 35.6 Å². The Kier molecular flexibility index (Phi) is 3.70. The van der Waals surface area contributed by atoms with Gasteiger partial charge in [0, 0.05) is 6.04 Å². The van der Waals surface area contributed by atoms with E-state index in [1.165, 1.54) is 12.5 Å². The Labute approximate surface area is 83.8 Å². The van der Waals surface area contributed by atoms with Gasteiger partial charge in [-0.1, -0.05) is 12.1 Å². The molecule has 1 aliphatic heterocycles. The largest absolute Gasteiger partial charge is 0.310 e. The molecule has 0 saturated carbocycles. The molecule has 0 amide bonds. The van der Waals surface area contributed by atoms with Gasteiger partial charge in [0.05, 0.1) is 0 Å². The average molecular weight is 202 g/mol. The lowest BCUT2D eigenvalue weighted by Gasteiger charge is -2.09. The zero-order chi connectivity index (χ0) is 8.39. The number of hydrogen-bond donors (Lipinski definition) is 1. The first-order chi connectivity index (χ1) is 5.86. The van der Waals surface area contributed by atoms with Crippen LogP contribution < -0.4 is 5.32 Å². The Hall–Kier alpha value is -0.600. The second-order valence-corrected chi connectivity index (χ2v) is 3.20. The van der Waals surface area contributed by atoms with Crippen LogP contribution in [0.25, 0.3) is 0 Å². The summed E-state index contributed by atoms with van der Waals surface area (Å²) in [5.74, 6) is -0.138. The Morgan fingerprint density at radius 3 is 2.85 bits per heavy atom. The van der Waals surface area contributed by atoms with E-state index in [0.717, 1.165) is 18.5 Å². The van der Waals surface area contributed by atoms with Crippen LogP contribution in [0, 0.1) is 5.82 Å². The lowest BCUT2D eigenvalue weighted by atomic mass is 10.1. The van der Waals surface area contributed by atoms with E-state index in [1.54, 1.807) is 12.1 Å². The molecule has 1 aliphatic rings. The fourth-order valence-corrected chi connectivity index (χ4v) is 1.69. The van der Waals surface area contributed by atoms with E-state index < -0.39 is 0 Å². The van der Waals surface area contributed by atoms with Crippen LogP contribution in [0.4, 0.5) is 4.39 Å². The minimum atomic E-state index is -0.138. The molecule has 1 fully saturated rings. The first-order valence-corrected chi connectivity index (χ1v) is 4.35. The number of rotatable bonds is 1. The summed E-state index contributed by atoms with van der Waals surface area (Å²) in [7, 11) is 0. The van der Waals surface area contributed by atoms with Crippen molar-refractivity contribution in [2.45, 2.75) is 18.9 Å². The summed E-state index contributed by atoms with van der Waals surface area (Å²) in [6.07, 6.45) is 2.32. The van der Waals surface area contributed by atoms with Crippen LogP contribution in [0.2, 0.25) is 0 Å². The first-order valence-electron chi connectivity index (χ1n) is 4.35. The molecule has 0 aromatic heterocycles. The monoisotopic (exact) mass is 201 g/mol. The summed E-state index contributed by atoms with van der Waals surface area (Å²) < 4.78 is 12.8. The standard InChI is InChI=1S/C10H12FN.ClH/c11-9-4-1-3-8(7-9)10-5-2-6-12-10;/h1,3-4,7,10,12H,2,5-6H2;1H/t10-;/m0./s1. The zero-order valence-electron chi connectivity index (χ0n) is 7.29. The van der Waals surface area contributed by atoms with Crippen LogP contribution in [-0.2, 0) is 0 Å². The van der Waals surface area contributed by atoms with Gasteiger partial charge in [0.2, 0.25) is 0 Å². The highest BCUT2D eigenvalue weighted by Gasteiger charge is 2.15. The molecule has 13 heavy (non-hydrogen) atoms. The topological polar surface area (TPSA) is 12.0 Å². The van der Waals surface area contributed by atoms with Crippen LogP contribution in [0.5, 0.6) is 0 Å². The maximum atomic E-state index is 12.8. The molecule has 1 heterocycles. The van der Waals surface area contributed by atoms with Gasteiger partial charge in [0.15, 0.2) is 0 Å². The molecule has 1 saturated heterocycles. The summed E-state index contributed by atoms with van der Waals surface area (Å²) in [5, 5.41) is 3.33. The number of benzene rings is 1. The summed E-state index contributed by atoms with van der Waals surface area (Å²) in [6.45, 7) is 1.06. The lowest BCUT2D eigenvalue weighted by Crippen LogP contribution is -2.12. The predicted octanol–water partition coefficient (Wildman–Crippen LogP) is 2.67. The first kappa shape index (κ1) is 10.5. The summed E-state index contributed by atoms with van der Waals surface area (Å²) >= 11 is 0. The molecular formula is C10H13ClFN. The van der Waals surface area contributed by atoms with Crippen LogP contribution in [-0.4, -0.2) is 6.54 Å². The van der Waals surface area contributed by atoms with Gasteiger partial charge < -0.3 is 5.32 Å². The van der Waals surface area contributed by atoms with Crippen molar-refractivity contribution in [1.29, 1.82) is 0 Å². The summed E-state index contributed by atoms with van der Waals surface area (Å²) in [4.78, 5) is 0. The predicted molar refractivity (Wildman–Crippen MR) is 53.6 cm³/mol. The van der Waals surface area contributed by atoms with Crippen molar-refractivity contribution in [2.75, 3.05) is 6.54 Å². The Bertz CT molecular complexity index is 271. The van der Waals surface area contributed by atoms with E-state index in [0.29, 0.717) is 6.04 Å². The van der Waals surface area contributed by atoms with E-state index in [4.69, 9.17) is 0 Å². The van der Waals surface area contributed by atoms with Crippen molar-refractivity contribution in [2.24, 2.45) is 0 Å². The zero-order valence-corrected chi connectivity index (χ0v) is 8.11. The highest BCUT2D eigenvalue weighted by molar-refractivity contribution is 5.85. The average Bonchev–Trinajstić information content (AvgIpc) is 2.56. The van der Waals surface area contributed by atoms with E-state index in [-0.39, 0.29) is 18.2 Å². The van der Waals surface area contributed by atoms with E-state index >= 15 is 0 Å². The Morgan fingerprint density at radius 1 is 1.38 bits per heavy atom. The van der Waals surface area contributed by atoms with Gasteiger partial charge in [0.25, 0.3) is 0 Å². The Morgan fingerprint density at radius 2 is 2.23 bits per heavy atom. The molecule has 1 nitrogen and oxygen atoms in total. The lowest BCUT2D eigenvalue weighted by molar-refractivity contribution is 0.606. The quantitative estimate of drug-likeness (QED) is 0.737. The molecule has 3 heteroatoms. The number of nitrogens with one attached hydrogen (secondary N) is 1. The fourth-order valence-electron chi connectivity index (χ4n) is 1.69. The summed E-state index contributed by atoms with van der Waals surface area (Å²) in [6, 6.07) is 7.22. The smallest absolute Gasteiger partial charge is 0.123 e. The molecule has 0 bridgehead atoms. The number of hydrogen-bond acceptors (Lipinski definition) is 1. The van der Waals surface area contributed by atoms with Crippen molar-refractivity contribution < 1.29 is 4.39 Å². The van der Waals surface area contributed by atoms with Gasteiger partial charge in [-0.25, -0.2) is 4.39 Å². The van der Waals surface area contributed by atoms with Crippen LogP contribution in [0.1, 0.15) is 24.4 Å². The maximum absolute atomic E-state index is 12.8. The highest BCUT2D eigenvalue weighted by Crippen LogP contribution is 2.22. The Balaban J connectivity index is 0.000000845. The third kappa shape index (κ3) is 2.42. The molecule has 1 aromatic carbocycles. The molecule has 72 valence electrons. The maximum Gasteiger partial charge on any atom is 0.123 e. The van der Waals surface area contributed by atoms with E-state index in [9.17, 15) is 4.39 Å². The normalized spacial score (nSPS) is 21.2. The number of halogens is 2. The minimum Gasteiger partial charge on any atom is -0.310 e. The third-order valence-corrected chi connectivity index (χ3v) is 2.31. The van der Waals surface area contributed by atoms with Gasteiger partial charge in [0.1, 0.15) is 5.82 Å². The second kappa shape index (κ2) is 4.58. The van der Waals surface area contributed by atoms with E-state index in [2.05, 4.69) is 5.32 Å². The summed E-state index contributed by atoms with van der Waals surface area (Å²) in [5.41, 5.74) is 1.08. The van der Waals surface area contributed by atoms with Crippen molar-refractivity contribution in [3.8, 4) is 0 Å². The molecule has 0 aliphatic carbocycles. The molecule has 0 unspecified atom stereocenters. The molecule has 1 atom stereocenters. The third-order valence-electron chi connectivity index (χ3n) is 2.31. The van der Waals surface area contributed by atoms with Gasteiger partial charge in [-0.05, 0) is 37.1 Å². The van der Waals surface area contributed by atoms with E-state index in [1.807, 2.05) is 6.07 Å². The van der Waals surface area contributed by atoms with Crippen LogP contribution >= 0.6 is 12.4 Å². The van der Waals surface area contributed by atoms with Crippen molar-refractivity contribution in [3.63, 3.8) is 0 Å². The molecular weight excluding hydrogens is 189 g/mol. The van der Waals surface area contributed by atoms with Crippen LogP contribution in [0.3, 0.4) is 0 Å². The highest BCUT2D eigenvalue weighted by atomic mass is 35.5. The van der Waals surface area contributed by atoms with Crippen molar-refractivity contribution in [1.82, 2.24) is 5.32 Å². The van der Waals surface area contributed by atoms with Gasteiger partial charge >= 0.3 is 0 Å². The molecule has 2 rings (SSSR count). The second-order valence-electron chi connectivity index (χ2n) is 3.20. The SMILES string of the molecule is Cl.Fc1cccc([C@@H]2CCCN2)c1. The molecule has 1 N–H and O–H groups in total. The van der Waals surface area contributed by atoms with Gasteiger partial charge in [-0.3, -0.25) is 0 Å². The molecule has 1 aromatic rings. The van der Waals surface area contributed by atoms with Crippen molar-refractivity contribution >= 4 is 12.4 Å². The minimum absolute atomic E-state index is 0.